The van der Waals surface area contributed by atoms with Gasteiger partial charge >= 0.3 is 0 Å². The molecule has 162 valence electrons. The molecule has 0 aromatic heterocycles. The Hall–Kier alpha value is -0.810. The van der Waals surface area contributed by atoms with Crippen molar-refractivity contribution in [3.8, 4) is 0 Å². The molecule has 1 amide bonds. The zero-order valence-corrected chi connectivity index (χ0v) is 19.1. The first-order chi connectivity index (χ1) is 13.2. The van der Waals surface area contributed by atoms with E-state index in [1.165, 1.54) is 36.8 Å². The molecule has 0 spiro atoms. The Balaban J connectivity index is 0.00000120. The second-order valence-corrected chi connectivity index (χ2v) is 9.22. The number of rotatable bonds is 3. The highest BCUT2D eigenvalue weighted by Gasteiger charge is 2.55. The molecule has 3 saturated heterocycles. The molecule has 0 radical (unpaired) electrons. The van der Waals surface area contributed by atoms with E-state index < -0.39 is 0 Å². The molecule has 1 N–H and O–H groups in total. The molecule has 4 aliphatic rings. The van der Waals surface area contributed by atoms with Crippen molar-refractivity contribution in [2.75, 3.05) is 26.2 Å². The van der Waals surface area contributed by atoms with Gasteiger partial charge in [0.25, 0.3) is 0 Å². The van der Waals surface area contributed by atoms with E-state index in [1.54, 1.807) is 0 Å². The predicted octanol–water partition coefficient (Wildman–Crippen LogP) is 3.45. The van der Waals surface area contributed by atoms with E-state index in [1.807, 2.05) is 0 Å². The van der Waals surface area contributed by atoms with Crippen molar-refractivity contribution in [3.05, 3.63) is 35.4 Å². The maximum absolute atomic E-state index is 13.6. The smallest absolute Gasteiger partial charge is 0.230 e. The van der Waals surface area contributed by atoms with E-state index in [9.17, 15) is 4.79 Å². The summed E-state index contributed by atoms with van der Waals surface area (Å²) in [7, 11) is 0. The van der Waals surface area contributed by atoms with Gasteiger partial charge in [0.15, 0.2) is 0 Å². The Morgan fingerprint density at radius 1 is 1.07 bits per heavy atom. The summed E-state index contributed by atoms with van der Waals surface area (Å²) < 4.78 is 0. The number of nitrogens with one attached hydrogen (secondary N) is 1. The summed E-state index contributed by atoms with van der Waals surface area (Å²) >= 11 is 0. The summed E-state index contributed by atoms with van der Waals surface area (Å²) in [5.74, 6) is 0.446. The first-order valence-corrected chi connectivity index (χ1v) is 11.1. The van der Waals surface area contributed by atoms with Crippen molar-refractivity contribution in [1.29, 1.82) is 0 Å². The Labute approximate surface area is 187 Å². The molecule has 0 saturated carbocycles. The lowest BCUT2D eigenvalue weighted by Gasteiger charge is -2.38. The summed E-state index contributed by atoms with van der Waals surface area (Å²) in [5, 5.41) is 3.71. The first-order valence-electron chi connectivity index (χ1n) is 11.1. The Morgan fingerprint density at radius 2 is 1.79 bits per heavy atom. The van der Waals surface area contributed by atoms with Gasteiger partial charge in [-0.15, -0.1) is 24.8 Å². The van der Waals surface area contributed by atoms with Crippen LogP contribution in [-0.2, 0) is 17.6 Å². The van der Waals surface area contributed by atoms with Crippen LogP contribution in [0.15, 0.2) is 24.3 Å². The van der Waals surface area contributed by atoms with Crippen molar-refractivity contribution >= 4 is 30.7 Å². The largest absolute Gasteiger partial charge is 0.341 e. The normalized spacial score (nSPS) is 31.7. The van der Waals surface area contributed by atoms with Gasteiger partial charge in [0.05, 0.1) is 5.41 Å². The average Bonchev–Trinajstić information content (AvgIpc) is 3.37. The molecule has 6 heteroatoms. The third-order valence-electron chi connectivity index (χ3n) is 7.94. The van der Waals surface area contributed by atoms with Crippen LogP contribution in [-0.4, -0.2) is 60.0 Å². The van der Waals surface area contributed by atoms with Crippen LogP contribution in [0.25, 0.3) is 0 Å². The number of fused-ring (bicyclic) bond motifs is 3. The van der Waals surface area contributed by atoms with E-state index >= 15 is 0 Å². The van der Waals surface area contributed by atoms with Gasteiger partial charge < -0.3 is 10.2 Å². The number of hydrogen-bond donors (Lipinski definition) is 1. The van der Waals surface area contributed by atoms with Gasteiger partial charge in [-0.3, -0.25) is 9.69 Å². The minimum Gasteiger partial charge on any atom is -0.341 e. The molecule has 3 fully saturated rings. The maximum atomic E-state index is 13.6. The monoisotopic (exact) mass is 439 g/mol. The van der Waals surface area contributed by atoms with Crippen molar-refractivity contribution in [1.82, 2.24) is 15.1 Å². The highest BCUT2D eigenvalue weighted by atomic mass is 35.5. The molecule has 3 heterocycles. The van der Waals surface area contributed by atoms with Gasteiger partial charge in [0, 0.05) is 44.3 Å². The third-order valence-corrected chi connectivity index (χ3v) is 7.94. The van der Waals surface area contributed by atoms with Crippen LogP contribution < -0.4 is 5.32 Å². The van der Waals surface area contributed by atoms with Gasteiger partial charge in [-0.2, -0.15) is 0 Å². The standard InChI is InChI=1S/C23H33N3O.2ClH/c1-2-23(16-19-8-9-21(23)24-19)22(27)26-11-5-10-25(12-13-26)20-14-17-6-3-4-7-18(17)15-20;;/h3-4,6-7,19-21,24H,2,5,8-16H2,1H3;2*1H/t19-,21+,23+;;/m0../s1. The van der Waals surface area contributed by atoms with Crippen molar-refractivity contribution in [2.45, 2.75) is 70.0 Å². The summed E-state index contributed by atoms with van der Waals surface area (Å²) in [6.45, 7) is 6.23. The van der Waals surface area contributed by atoms with E-state index in [0.717, 1.165) is 45.4 Å². The Morgan fingerprint density at radius 3 is 2.38 bits per heavy atom. The Kier molecular flexibility index (Phi) is 7.20. The van der Waals surface area contributed by atoms with E-state index in [4.69, 9.17) is 0 Å². The zero-order valence-electron chi connectivity index (χ0n) is 17.4. The second kappa shape index (κ2) is 9.13. The Bertz CT molecular complexity index is 705. The fourth-order valence-corrected chi connectivity index (χ4v) is 6.39. The molecule has 2 bridgehead atoms. The number of benzene rings is 1. The highest BCUT2D eigenvalue weighted by molar-refractivity contribution is 5.86. The molecule has 1 aromatic rings. The van der Waals surface area contributed by atoms with Crippen LogP contribution >= 0.6 is 24.8 Å². The summed E-state index contributed by atoms with van der Waals surface area (Å²) in [6.07, 6.45) is 7.96. The van der Waals surface area contributed by atoms with Gasteiger partial charge in [0.1, 0.15) is 0 Å². The number of amides is 1. The van der Waals surface area contributed by atoms with Crippen molar-refractivity contribution in [3.63, 3.8) is 0 Å². The number of carbonyl (C=O) groups excluding carboxylic acids is 1. The number of nitrogens with zero attached hydrogens (tertiary/aromatic N) is 2. The number of halogens is 2. The topological polar surface area (TPSA) is 35.6 Å². The minimum atomic E-state index is -0.123. The lowest BCUT2D eigenvalue weighted by Crippen LogP contribution is -2.51. The summed E-state index contributed by atoms with van der Waals surface area (Å²) in [5.41, 5.74) is 2.93. The summed E-state index contributed by atoms with van der Waals surface area (Å²) in [6, 6.07) is 10.5. The highest BCUT2D eigenvalue weighted by Crippen LogP contribution is 2.47. The van der Waals surface area contributed by atoms with Crippen LogP contribution in [0.3, 0.4) is 0 Å². The molecule has 3 atom stereocenters. The average molecular weight is 440 g/mol. The van der Waals surface area contributed by atoms with Gasteiger partial charge in [-0.05, 0) is 56.1 Å². The lowest BCUT2D eigenvalue weighted by atomic mass is 9.71. The van der Waals surface area contributed by atoms with Crippen LogP contribution in [0.2, 0.25) is 0 Å². The molecule has 3 aliphatic heterocycles. The molecule has 4 nitrogen and oxygen atoms in total. The minimum absolute atomic E-state index is 0. The molecule has 1 aliphatic carbocycles. The molecular weight excluding hydrogens is 405 g/mol. The molecule has 5 rings (SSSR count). The van der Waals surface area contributed by atoms with E-state index in [2.05, 4.69) is 46.3 Å². The molecular formula is C23H35Cl2N3O. The first kappa shape index (κ1) is 22.9. The van der Waals surface area contributed by atoms with Crippen molar-refractivity contribution < 1.29 is 4.79 Å². The SMILES string of the molecule is CC[C@@]1(C(=O)N2CCCN(C3Cc4ccccc4C3)CC2)C[C@@H]2CC[C@H]1N2.Cl.Cl. The molecule has 0 unspecified atom stereocenters. The summed E-state index contributed by atoms with van der Waals surface area (Å²) in [4.78, 5) is 18.4. The van der Waals surface area contributed by atoms with Gasteiger partial charge in [-0.1, -0.05) is 31.2 Å². The van der Waals surface area contributed by atoms with Crippen LogP contribution in [0.4, 0.5) is 0 Å². The van der Waals surface area contributed by atoms with Gasteiger partial charge in [-0.25, -0.2) is 0 Å². The van der Waals surface area contributed by atoms with Gasteiger partial charge in [0.2, 0.25) is 5.91 Å². The van der Waals surface area contributed by atoms with E-state index in [0.29, 0.717) is 24.0 Å². The second-order valence-electron chi connectivity index (χ2n) is 9.22. The van der Waals surface area contributed by atoms with Crippen molar-refractivity contribution in [2.24, 2.45) is 5.41 Å². The predicted molar refractivity (Wildman–Crippen MR) is 122 cm³/mol. The number of hydrogen-bond acceptors (Lipinski definition) is 3. The third kappa shape index (κ3) is 3.94. The quantitative estimate of drug-likeness (QED) is 0.782. The molecule has 29 heavy (non-hydrogen) atoms. The fourth-order valence-electron chi connectivity index (χ4n) is 6.39. The maximum Gasteiger partial charge on any atom is 0.230 e. The zero-order chi connectivity index (χ0) is 18.4. The van der Waals surface area contributed by atoms with Crippen LogP contribution in [0, 0.1) is 5.41 Å². The van der Waals surface area contributed by atoms with E-state index in [-0.39, 0.29) is 30.2 Å². The lowest BCUT2D eigenvalue weighted by molar-refractivity contribution is -0.143. The molecule has 1 aromatic carbocycles. The fraction of sp³-hybridized carbons (Fsp3) is 0.696. The number of carbonyl (C=O) groups is 1. The van der Waals surface area contributed by atoms with Crippen LogP contribution in [0.1, 0.15) is 50.2 Å². The van der Waals surface area contributed by atoms with Crippen LogP contribution in [0.5, 0.6) is 0 Å².